The third-order valence-electron chi connectivity index (χ3n) is 3.94. The summed E-state index contributed by atoms with van der Waals surface area (Å²) in [5, 5.41) is 10.1. The first-order valence-corrected chi connectivity index (χ1v) is 9.11. The molecule has 0 bridgehead atoms. The normalized spacial score (nSPS) is 11.1. The third-order valence-corrected chi connectivity index (χ3v) is 4.46. The molecule has 142 valence electrons. The molecule has 4 aromatic heterocycles. The molecule has 0 spiro atoms. The number of hydrogen-bond donors (Lipinski definition) is 1. The number of rotatable bonds is 5. The van der Waals surface area contributed by atoms with Gasteiger partial charge in [0.15, 0.2) is 5.75 Å². The van der Waals surface area contributed by atoms with E-state index in [0.717, 1.165) is 5.56 Å². The summed E-state index contributed by atoms with van der Waals surface area (Å²) in [6.07, 6.45) is 9.80. The number of nitrogens with zero attached hydrogens (tertiary/aromatic N) is 6. The number of ether oxygens (including phenoxy) is 1. The molecule has 0 aliphatic heterocycles. The van der Waals surface area contributed by atoms with Crippen LogP contribution in [-0.2, 0) is 6.42 Å². The quantitative estimate of drug-likeness (QED) is 0.509. The van der Waals surface area contributed by atoms with E-state index in [0.29, 0.717) is 45.2 Å². The first-order chi connectivity index (χ1) is 14.2. The van der Waals surface area contributed by atoms with Crippen molar-refractivity contribution in [3.8, 4) is 17.8 Å². The SMILES string of the molecule is N#Cc1cncc(Oc2nc(Cc3cncnc3)c3c(Cl)c(C=CCl)[nH]c3n2)c1. The summed E-state index contributed by atoms with van der Waals surface area (Å²) in [4.78, 5) is 24.1. The molecular formula is C19H11Cl2N7O. The zero-order valence-corrected chi connectivity index (χ0v) is 16.2. The molecule has 0 fully saturated rings. The molecule has 0 unspecified atom stereocenters. The summed E-state index contributed by atoms with van der Waals surface area (Å²) >= 11 is 12.2. The standard InChI is InChI=1S/C19H11Cl2N7O/c20-2-1-14-17(21)16-15(4-12-7-24-10-25-8-12)27-19(28-18(16)26-14)29-13-3-11(5-22)6-23-9-13/h1-3,6-10H,4H2,(H,26,27,28). The van der Waals surface area contributed by atoms with E-state index in [2.05, 4.69) is 29.9 Å². The number of nitriles is 1. The number of pyridine rings is 1. The Balaban J connectivity index is 1.82. The van der Waals surface area contributed by atoms with Crippen LogP contribution in [0.25, 0.3) is 17.1 Å². The van der Waals surface area contributed by atoms with Crippen LogP contribution in [-0.4, -0.2) is 29.9 Å². The second-order valence-corrected chi connectivity index (χ2v) is 6.50. The fraction of sp³-hybridized carbons (Fsp3) is 0.0526. The van der Waals surface area contributed by atoms with E-state index in [1.54, 1.807) is 24.5 Å². The van der Waals surface area contributed by atoms with Crippen molar-refractivity contribution in [2.24, 2.45) is 0 Å². The molecule has 8 nitrogen and oxygen atoms in total. The Kier molecular flexibility index (Phi) is 5.33. The average Bonchev–Trinajstić information content (AvgIpc) is 3.05. The predicted octanol–water partition coefficient (Wildman–Crippen LogP) is 4.26. The number of nitrogens with one attached hydrogen (secondary N) is 1. The Morgan fingerprint density at radius 3 is 2.72 bits per heavy atom. The van der Waals surface area contributed by atoms with Crippen LogP contribution in [0.5, 0.6) is 11.8 Å². The van der Waals surface area contributed by atoms with E-state index in [4.69, 9.17) is 33.2 Å². The largest absolute Gasteiger partial charge is 0.423 e. The average molecular weight is 424 g/mol. The zero-order chi connectivity index (χ0) is 20.2. The molecule has 10 heteroatoms. The van der Waals surface area contributed by atoms with Crippen molar-refractivity contribution in [3.63, 3.8) is 0 Å². The summed E-state index contributed by atoms with van der Waals surface area (Å²) < 4.78 is 5.74. The van der Waals surface area contributed by atoms with Gasteiger partial charge in [-0.2, -0.15) is 15.2 Å². The van der Waals surface area contributed by atoms with Crippen LogP contribution in [0.1, 0.15) is 22.5 Å². The molecule has 1 N–H and O–H groups in total. The molecule has 4 aromatic rings. The molecule has 0 aliphatic carbocycles. The zero-order valence-electron chi connectivity index (χ0n) is 14.7. The highest BCUT2D eigenvalue weighted by atomic mass is 35.5. The molecule has 0 aliphatic rings. The fourth-order valence-electron chi connectivity index (χ4n) is 2.73. The van der Waals surface area contributed by atoms with Crippen molar-refractivity contribution >= 4 is 40.3 Å². The Hall–Kier alpha value is -3.54. The summed E-state index contributed by atoms with van der Waals surface area (Å²) in [6, 6.07) is 3.64. The van der Waals surface area contributed by atoms with Gasteiger partial charge < -0.3 is 9.72 Å². The molecule has 0 saturated heterocycles. The van der Waals surface area contributed by atoms with Crippen molar-refractivity contribution in [2.45, 2.75) is 6.42 Å². The lowest BCUT2D eigenvalue weighted by molar-refractivity contribution is 0.440. The van der Waals surface area contributed by atoms with Gasteiger partial charge >= 0.3 is 6.01 Å². The van der Waals surface area contributed by atoms with Crippen molar-refractivity contribution in [3.05, 3.63) is 70.3 Å². The van der Waals surface area contributed by atoms with Gasteiger partial charge in [-0.25, -0.2) is 9.97 Å². The number of hydrogen-bond acceptors (Lipinski definition) is 7. The van der Waals surface area contributed by atoms with Crippen LogP contribution in [0.4, 0.5) is 0 Å². The second kappa shape index (κ2) is 8.22. The molecule has 4 heterocycles. The molecule has 0 atom stereocenters. The summed E-state index contributed by atoms with van der Waals surface area (Å²) in [5.41, 5.74) is 4.27. The third kappa shape index (κ3) is 4.01. The first-order valence-electron chi connectivity index (χ1n) is 8.29. The van der Waals surface area contributed by atoms with Crippen LogP contribution < -0.4 is 4.74 Å². The van der Waals surface area contributed by atoms with E-state index in [-0.39, 0.29) is 6.01 Å². The van der Waals surface area contributed by atoms with Gasteiger partial charge in [-0.3, -0.25) is 4.98 Å². The van der Waals surface area contributed by atoms with Crippen LogP contribution >= 0.6 is 23.2 Å². The van der Waals surface area contributed by atoms with Gasteiger partial charge in [0.1, 0.15) is 18.0 Å². The van der Waals surface area contributed by atoms with Crippen molar-refractivity contribution in [1.29, 1.82) is 5.26 Å². The Bertz CT molecular complexity index is 1250. The highest BCUT2D eigenvalue weighted by Crippen LogP contribution is 2.32. The van der Waals surface area contributed by atoms with E-state index >= 15 is 0 Å². The maximum Gasteiger partial charge on any atom is 0.324 e. The van der Waals surface area contributed by atoms with Gasteiger partial charge in [0.2, 0.25) is 0 Å². The Morgan fingerprint density at radius 2 is 1.97 bits per heavy atom. The topological polar surface area (TPSA) is 113 Å². The van der Waals surface area contributed by atoms with Crippen LogP contribution in [0.3, 0.4) is 0 Å². The fourth-order valence-corrected chi connectivity index (χ4v) is 3.16. The minimum atomic E-state index is 0.0839. The summed E-state index contributed by atoms with van der Waals surface area (Å²) in [6.45, 7) is 0. The van der Waals surface area contributed by atoms with E-state index in [1.165, 1.54) is 24.3 Å². The van der Waals surface area contributed by atoms with E-state index < -0.39 is 0 Å². The summed E-state index contributed by atoms with van der Waals surface area (Å²) in [5.74, 6) is 0.343. The van der Waals surface area contributed by atoms with E-state index in [1.807, 2.05) is 6.07 Å². The Morgan fingerprint density at radius 1 is 1.14 bits per heavy atom. The maximum atomic E-state index is 9.04. The number of halogens is 2. The van der Waals surface area contributed by atoms with Gasteiger partial charge in [0.25, 0.3) is 0 Å². The number of aromatic nitrogens is 6. The molecular weight excluding hydrogens is 413 g/mol. The predicted molar refractivity (Wildman–Crippen MR) is 108 cm³/mol. The van der Waals surface area contributed by atoms with Crippen LogP contribution in [0.15, 0.2) is 42.7 Å². The second-order valence-electron chi connectivity index (χ2n) is 5.87. The summed E-state index contributed by atoms with van der Waals surface area (Å²) in [7, 11) is 0. The lowest BCUT2D eigenvalue weighted by Gasteiger charge is -2.07. The highest BCUT2D eigenvalue weighted by molar-refractivity contribution is 6.37. The molecule has 0 amide bonds. The molecule has 4 rings (SSSR count). The van der Waals surface area contributed by atoms with Gasteiger partial charge in [-0.05, 0) is 11.6 Å². The highest BCUT2D eigenvalue weighted by Gasteiger charge is 2.18. The minimum absolute atomic E-state index is 0.0839. The molecule has 0 saturated carbocycles. The van der Waals surface area contributed by atoms with Crippen molar-refractivity contribution in [1.82, 2.24) is 29.9 Å². The van der Waals surface area contributed by atoms with Gasteiger partial charge in [0.05, 0.1) is 33.6 Å². The van der Waals surface area contributed by atoms with Crippen LogP contribution in [0.2, 0.25) is 5.02 Å². The van der Waals surface area contributed by atoms with Crippen molar-refractivity contribution in [2.75, 3.05) is 0 Å². The van der Waals surface area contributed by atoms with E-state index in [9.17, 15) is 0 Å². The Labute approximate surface area is 174 Å². The van der Waals surface area contributed by atoms with Crippen LogP contribution in [0, 0.1) is 11.3 Å². The van der Waals surface area contributed by atoms with Gasteiger partial charge in [0, 0.05) is 36.6 Å². The van der Waals surface area contributed by atoms with Gasteiger partial charge in [-0.15, -0.1) is 0 Å². The monoisotopic (exact) mass is 423 g/mol. The lowest BCUT2D eigenvalue weighted by Crippen LogP contribution is -2.00. The first kappa shape index (κ1) is 18.8. The molecule has 0 aromatic carbocycles. The molecule has 29 heavy (non-hydrogen) atoms. The number of H-pyrrole nitrogens is 1. The van der Waals surface area contributed by atoms with Gasteiger partial charge in [-0.1, -0.05) is 23.2 Å². The lowest BCUT2D eigenvalue weighted by atomic mass is 10.1. The maximum absolute atomic E-state index is 9.04. The smallest absolute Gasteiger partial charge is 0.324 e. The number of aromatic amines is 1. The molecule has 0 radical (unpaired) electrons. The minimum Gasteiger partial charge on any atom is -0.423 e. The van der Waals surface area contributed by atoms with Crippen molar-refractivity contribution < 1.29 is 4.74 Å². The number of fused-ring (bicyclic) bond motifs is 1.